The first-order valence-corrected chi connectivity index (χ1v) is 5.05. The van der Waals surface area contributed by atoms with E-state index in [0.29, 0.717) is 5.92 Å². The molecular formula is C11H15Br. The van der Waals surface area contributed by atoms with Gasteiger partial charge in [0.05, 0.1) is 0 Å². The summed E-state index contributed by atoms with van der Waals surface area (Å²) in [6, 6.07) is 10.6. The van der Waals surface area contributed by atoms with E-state index in [4.69, 9.17) is 0 Å². The first-order valence-electron chi connectivity index (χ1n) is 4.25. The molecule has 0 aliphatic heterocycles. The molecule has 66 valence electrons. The first kappa shape index (κ1) is 9.79. The van der Waals surface area contributed by atoms with Gasteiger partial charge in [-0.3, -0.25) is 0 Å². The lowest BCUT2D eigenvalue weighted by Crippen LogP contribution is -2.18. The molecule has 0 aliphatic rings. The smallest absolute Gasteiger partial charge is 0.0267 e. The van der Waals surface area contributed by atoms with E-state index in [9.17, 15) is 0 Å². The van der Waals surface area contributed by atoms with E-state index in [-0.39, 0.29) is 4.32 Å². The average Bonchev–Trinajstić information content (AvgIpc) is 2.03. The molecule has 1 aromatic rings. The normalized spacial score (nSPS) is 14.3. The van der Waals surface area contributed by atoms with Crippen molar-refractivity contribution >= 4 is 15.9 Å². The van der Waals surface area contributed by atoms with Gasteiger partial charge in [-0.15, -0.1) is 0 Å². The molecule has 1 unspecified atom stereocenters. The van der Waals surface area contributed by atoms with Crippen molar-refractivity contribution in [2.45, 2.75) is 31.0 Å². The van der Waals surface area contributed by atoms with Gasteiger partial charge in [-0.05, 0) is 25.3 Å². The molecule has 0 nitrogen and oxygen atoms in total. The first-order chi connectivity index (χ1) is 5.52. The average molecular weight is 227 g/mol. The van der Waals surface area contributed by atoms with Crippen molar-refractivity contribution in [3.05, 3.63) is 35.9 Å². The number of hydrogen-bond acceptors (Lipinski definition) is 0. The molecule has 0 fully saturated rings. The van der Waals surface area contributed by atoms with E-state index in [2.05, 4.69) is 67.0 Å². The van der Waals surface area contributed by atoms with E-state index in [1.165, 1.54) is 5.56 Å². The standard InChI is InChI=1S/C11H15Br/c1-9(11(2,3)12)10-7-5-4-6-8-10/h4-9H,1-3H3. The predicted molar refractivity (Wildman–Crippen MR) is 57.9 cm³/mol. The fraction of sp³-hybridized carbons (Fsp3) is 0.455. The molecule has 0 N–H and O–H groups in total. The van der Waals surface area contributed by atoms with Crippen LogP contribution in [0.25, 0.3) is 0 Å². The molecule has 1 atom stereocenters. The zero-order valence-corrected chi connectivity index (χ0v) is 9.43. The third-order valence-corrected chi connectivity index (χ3v) is 3.02. The fourth-order valence-electron chi connectivity index (χ4n) is 1.14. The second kappa shape index (κ2) is 3.61. The van der Waals surface area contributed by atoms with Gasteiger partial charge in [-0.1, -0.05) is 53.2 Å². The molecule has 0 spiro atoms. The minimum absolute atomic E-state index is 0.175. The summed E-state index contributed by atoms with van der Waals surface area (Å²) >= 11 is 3.68. The van der Waals surface area contributed by atoms with Gasteiger partial charge in [0.15, 0.2) is 0 Å². The Hall–Kier alpha value is -0.300. The number of benzene rings is 1. The highest BCUT2D eigenvalue weighted by atomic mass is 79.9. The molecule has 0 amide bonds. The Kier molecular flexibility index (Phi) is 2.94. The van der Waals surface area contributed by atoms with Gasteiger partial charge >= 0.3 is 0 Å². The molecular weight excluding hydrogens is 212 g/mol. The summed E-state index contributed by atoms with van der Waals surface area (Å²) in [5.74, 6) is 0.540. The maximum Gasteiger partial charge on any atom is 0.0267 e. The molecule has 1 heteroatoms. The Balaban J connectivity index is 2.86. The number of rotatable bonds is 2. The van der Waals surface area contributed by atoms with Crippen molar-refractivity contribution in [2.75, 3.05) is 0 Å². The van der Waals surface area contributed by atoms with Gasteiger partial charge in [-0.2, -0.15) is 0 Å². The predicted octanol–water partition coefficient (Wildman–Crippen LogP) is 3.96. The number of alkyl halides is 1. The summed E-state index contributed by atoms with van der Waals surface area (Å²) in [6.45, 7) is 6.64. The van der Waals surface area contributed by atoms with Gasteiger partial charge in [0.2, 0.25) is 0 Å². The second-order valence-corrected chi connectivity index (χ2v) is 5.74. The highest BCUT2D eigenvalue weighted by molar-refractivity contribution is 9.10. The molecule has 1 aromatic carbocycles. The molecule has 0 saturated heterocycles. The highest BCUT2D eigenvalue weighted by Gasteiger charge is 2.22. The van der Waals surface area contributed by atoms with Crippen molar-refractivity contribution in [1.29, 1.82) is 0 Å². The fourth-order valence-corrected chi connectivity index (χ4v) is 1.40. The third kappa shape index (κ3) is 2.34. The quantitative estimate of drug-likeness (QED) is 0.670. The zero-order chi connectivity index (χ0) is 9.19. The minimum Gasteiger partial charge on any atom is -0.0853 e. The van der Waals surface area contributed by atoms with Gasteiger partial charge < -0.3 is 0 Å². The molecule has 0 aliphatic carbocycles. The molecule has 0 radical (unpaired) electrons. The van der Waals surface area contributed by atoms with Crippen LogP contribution in [0.3, 0.4) is 0 Å². The highest BCUT2D eigenvalue weighted by Crippen LogP contribution is 2.34. The van der Waals surface area contributed by atoms with E-state index in [1.807, 2.05) is 0 Å². The van der Waals surface area contributed by atoms with Crippen LogP contribution in [0.5, 0.6) is 0 Å². The van der Waals surface area contributed by atoms with Gasteiger partial charge in [-0.25, -0.2) is 0 Å². The number of halogens is 1. The van der Waals surface area contributed by atoms with Crippen LogP contribution in [-0.4, -0.2) is 4.32 Å². The molecule has 0 aromatic heterocycles. The van der Waals surface area contributed by atoms with Gasteiger partial charge in [0, 0.05) is 4.32 Å². The van der Waals surface area contributed by atoms with Crippen molar-refractivity contribution < 1.29 is 0 Å². The van der Waals surface area contributed by atoms with Crippen molar-refractivity contribution in [1.82, 2.24) is 0 Å². The summed E-state index contributed by atoms with van der Waals surface area (Å²) in [6.07, 6.45) is 0. The van der Waals surface area contributed by atoms with Crippen molar-refractivity contribution in [3.63, 3.8) is 0 Å². The van der Waals surface area contributed by atoms with Crippen LogP contribution < -0.4 is 0 Å². The molecule has 12 heavy (non-hydrogen) atoms. The van der Waals surface area contributed by atoms with Crippen LogP contribution in [0.2, 0.25) is 0 Å². The van der Waals surface area contributed by atoms with Crippen LogP contribution in [0.15, 0.2) is 30.3 Å². The SMILES string of the molecule is CC(c1ccccc1)C(C)(C)Br. The lowest BCUT2D eigenvalue weighted by Gasteiger charge is -2.25. The van der Waals surface area contributed by atoms with Gasteiger partial charge in [0.1, 0.15) is 0 Å². The summed E-state index contributed by atoms with van der Waals surface area (Å²) in [5.41, 5.74) is 1.39. The zero-order valence-electron chi connectivity index (χ0n) is 7.84. The van der Waals surface area contributed by atoms with E-state index in [1.54, 1.807) is 0 Å². The molecule has 0 bridgehead atoms. The molecule has 0 heterocycles. The minimum atomic E-state index is 0.175. The van der Waals surface area contributed by atoms with E-state index >= 15 is 0 Å². The monoisotopic (exact) mass is 226 g/mol. The third-order valence-electron chi connectivity index (χ3n) is 2.33. The summed E-state index contributed by atoms with van der Waals surface area (Å²) in [5, 5.41) is 0. The van der Waals surface area contributed by atoms with Crippen LogP contribution in [0.4, 0.5) is 0 Å². The Bertz CT molecular complexity index is 233. The molecule has 0 saturated carbocycles. The summed E-state index contributed by atoms with van der Waals surface area (Å²) in [7, 11) is 0. The lowest BCUT2D eigenvalue weighted by molar-refractivity contribution is 0.599. The van der Waals surface area contributed by atoms with E-state index in [0.717, 1.165) is 0 Å². The van der Waals surface area contributed by atoms with Crippen molar-refractivity contribution in [2.24, 2.45) is 0 Å². The van der Waals surface area contributed by atoms with E-state index < -0.39 is 0 Å². The summed E-state index contributed by atoms with van der Waals surface area (Å²) < 4.78 is 0.175. The largest absolute Gasteiger partial charge is 0.0853 e. The van der Waals surface area contributed by atoms with Crippen LogP contribution in [-0.2, 0) is 0 Å². The number of hydrogen-bond donors (Lipinski definition) is 0. The molecule has 1 rings (SSSR count). The Morgan fingerprint density at radius 2 is 1.67 bits per heavy atom. The van der Waals surface area contributed by atoms with Crippen LogP contribution in [0, 0.1) is 0 Å². The van der Waals surface area contributed by atoms with Gasteiger partial charge in [0.25, 0.3) is 0 Å². The summed E-state index contributed by atoms with van der Waals surface area (Å²) in [4.78, 5) is 0. The topological polar surface area (TPSA) is 0 Å². The maximum absolute atomic E-state index is 3.68. The Labute approximate surface area is 83.1 Å². The Morgan fingerprint density at radius 3 is 2.08 bits per heavy atom. The Morgan fingerprint density at radius 1 is 1.17 bits per heavy atom. The maximum atomic E-state index is 3.68. The second-order valence-electron chi connectivity index (χ2n) is 3.70. The van der Waals surface area contributed by atoms with Crippen molar-refractivity contribution in [3.8, 4) is 0 Å². The van der Waals surface area contributed by atoms with Crippen LogP contribution in [0.1, 0.15) is 32.3 Å². The van der Waals surface area contributed by atoms with Crippen LogP contribution >= 0.6 is 15.9 Å². The lowest BCUT2D eigenvalue weighted by atomic mass is 9.90.